The molecule has 21 heavy (non-hydrogen) atoms. The fraction of sp³-hybridized carbons (Fsp3) is 0.235. The fourth-order valence-corrected chi connectivity index (χ4v) is 2.02. The number of halogens is 1. The van der Waals surface area contributed by atoms with E-state index in [-0.39, 0.29) is 17.3 Å². The van der Waals surface area contributed by atoms with Crippen LogP contribution in [0, 0.1) is 5.82 Å². The van der Waals surface area contributed by atoms with E-state index >= 15 is 0 Å². The number of hydrogen-bond acceptors (Lipinski definition) is 3. The minimum absolute atomic E-state index is 0.230. The van der Waals surface area contributed by atoms with E-state index in [1.165, 1.54) is 18.2 Å². The summed E-state index contributed by atoms with van der Waals surface area (Å²) in [5.41, 5.74) is 3.43. The van der Waals surface area contributed by atoms with E-state index in [0.29, 0.717) is 17.0 Å². The molecule has 0 aliphatic rings. The van der Waals surface area contributed by atoms with Gasteiger partial charge in [0.1, 0.15) is 11.5 Å². The van der Waals surface area contributed by atoms with Gasteiger partial charge >= 0.3 is 0 Å². The predicted octanol–water partition coefficient (Wildman–Crippen LogP) is 4.50. The molecule has 0 amide bonds. The van der Waals surface area contributed by atoms with Crippen molar-refractivity contribution in [2.75, 3.05) is 0 Å². The van der Waals surface area contributed by atoms with Crippen molar-refractivity contribution >= 4 is 5.57 Å². The maximum atomic E-state index is 13.0. The molecule has 110 valence electrons. The van der Waals surface area contributed by atoms with Crippen LogP contribution in [0.4, 0.5) is 4.39 Å². The van der Waals surface area contributed by atoms with Gasteiger partial charge in [-0.2, -0.15) is 0 Å². The molecule has 2 rings (SSSR count). The van der Waals surface area contributed by atoms with Crippen molar-refractivity contribution in [1.29, 1.82) is 0 Å². The van der Waals surface area contributed by atoms with E-state index in [1.54, 1.807) is 12.1 Å². The van der Waals surface area contributed by atoms with Crippen LogP contribution in [0.1, 0.15) is 32.9 Å². The van der Waals surface area contributed by atoms with Gasteiger partial charge in [0.15, 0.2) is 11.5 Å². The van der Waals surface area contributed by atoms with Crippen molar-refractivity contribution < 1.29 is 14.6 Å². The summed E-state index contributed by atoms with van der Waals surface area (Å²) in [6.07, 6.45) is 0.828. The molecule has 2 N–H and O–H groups in total. The van der Waals surface area contributed by atoms with Gasteiger partial charge in [-0.1, -0.05) is 12.5 Å². The summed E-state index contributed by atoms with van der Waals surface area (Å²) >= 11 is 0. The normalized spacial score (nSPS) is 12.2. The molecule has 0 unspecified atom stereocenters. The summed E-state index contributed by atoms with van der Waals surface area (Å²) in [6.45, 7) is 5.83. The van der Waals surface area contributed by atoms with Crippen LogP contribution < -0.4 is 0 Å². The summed E-state index contributed by atoms with van der Waals surface area (Å²) in [7, 11) is 0. The van der Waals surface area contributed by atoms with E-state index < -0.39 is 0 Å². The maximum Gasteiger partial charge on any atom is 0.184 e. The minimum atomic E-state index is -0.333. The van der Waals surface area contributed by atoms with Crippen molar-refractivity contribution in [3.05, 3.63) is 47.4 Å². The molecule has 0 atom stereocenters. The SMILES string of the molecule is CC/C(C)=C(/C)c1nc(-c2ccc(F)cc2)cc(O)c1O. The molecule has 1 aromatic carbocycles. The number of aromatic hydroxyl groups is 2. The summed E-state index contributed by atoms with van der Waals surface area (Å²) in [5.74, 6) is -0.798. The van der Waals surface area contributed by atoms with Gasteiger partial charge in [0.25, 0.3) is 0 Å². The zero-order valence-corrected chi connectivity index (χ0v) is 12.3. The standard InChI is InChI=1S/C17H18FNO2/c1-4-10(2)11(3)16-17(21)15(20)9-14(19-16)12-5-7-13(18)8-6-12/h5-9,21H,4H2,1-3H3,(H,19,20)/b11-10-. The van der Waals surface area contributed by atoms with Crippen LogP contribution in [0.5, 0.6) is 11.5 Å². The Hall–Kier alpha value is -2.36. The van der Waals surface area contributed by atoms with Crippen LogP contribution in [-0.4, -0.2) is 15.2 Å². The number of hydrogen-bond donors (Lipinski definition) is 2. The lowest BCUT2D eigenvalue weighted by Gasteiger charge is -2.11. The van der Waals surface area contributed by atoms with Crippen LogP contribution in [0.3, 0.4) is 0 Å². The van der Waals surface area contributed by atoms with E-state index in [0.717, 1.165) is 17.6 Å². The Morgan fingerprint density at radius 3 is 2.33 bits per heavy atom. The number of pyridine rings is 1. The number of nitrogens with zero attached hydrogens (tertiary/aromatic N) is 1. The van der Waals surface area contributed by atoms with Crippen LogP contribution >= 0.6 is 0 Å². The Labute approximate surface area is 123 Å². The molecular formula is C17H18FNO2. The van der Waals surface area contributed by atoms with Crippen molar-refractivity contribution in [2.45, 2.75) is 27.2 Å². The van der Waals surface area contributed by atoms with E-state index in [2.05, 4.69) is 4.98 Å². The van der Waals surface area contributed by atoms with Gasteiger partial charge in [0.2, 0.25) is 0 Å². The lowest BCUT2D eigenvalue weighted by atomic mass is 10.0. The van der Waals surface area contributed by atoms with Gasteiger partial charge in [-0.15, -0.1) is 0 Å². The van der Waals surface area contributed by atoms with Gasteiger partial charge in [-0.25, -0.2) is 9.37 Å². The van der Waals surface area contributed by atoms with E-state index in [9.17, 15) is 14.6 Å². The third kappa shape index (κ3) is 3.05. The highest BCUT2D eigenvalue weighted by molar-refractivity contribution is 5.74. The molecule has 0 saturated heterocycles. The third-order valence-corrected chi connectivity index (χ3v) is 3.64. The molecular weight excluding hydrogens is 269 g/mol. The molecule has 1 heterocycles. The van der Waals surface area contributed by atoms with Crippen molar-refractivity contribution in [1.82, 2.24) is 4.98 Å². The molecule has 0 radical (unpaired) electrons. The molecule has 4 heteroatoms. The van der Waals surface area contributed by atoms with E-state index in [1.807, 2.05) is 20.8 Å². The zero-order chi connectivity index (χ0) is 15.6. The molecule has 1 aromatic heterocycles. The molecule has 0 fully saturated rings. The second-order valence-electron chi connectivity index (χ2n) is 4.99. The highest BCUT2D eigenvalue weighted by Crippen LogP contribution is 2.36. The van der Waals surface area contributed by atoms with Gasteiger partial charge in [0, 0.05) is 11.6 Å². The minimum Gasteiger partial charge on any atom is -0.504 e. The first-order chi connectivity index (χ1) is 9.93. The summed E-state index contributed by atoms with van der Waals surface area (Å²) < 4.78 is 13.0. The smallest absolute Gasteiger partial charge is 0.184 e. The van der Waals surface area contributed by atoms with Crippen LogP contribution in [0.15, 0.2) is 35.9 Å². The summed E-state index contributed by atoms with van der Waals surface area (Å²) in [6, 6.07) is 7.22. The van der Waals surface area contributed by atoms with Crippen molar-refractivity contribution in [3.8, 4) is 22.8 Å². The zero-order valence-electron chi connectivity index (χ0n) is 12.3. The van der Waals surface area contributed by atoms with Crippen molar-refractivity contribution in [3.63, 3.8) is 0 Å². The first-order valence-corrected chi connectivity index (χ1v) is 6.79. The van der Waals surface area contributed by atoms with Crippen LogP contribution in [-0.2, 0) is 0 Å². The predicted molar refractivity (Wildman–Crippen MR) is 81.5 cm³/mol. The molecule has 2 aromatic rings. The Kier molecular flexibility index (Phi) is 4.26. The topological polar surface area (TPSA) is 53.4 Å². The van der Waals surface area contributed by atoms with E-state index in [4.69, 9.17) is 0 Å². The van der Waals surface area contributed by atoms with Gasteiger partial charge < -0.3 is 10.2 Å². The number of aromatic nitrogens is 1. The first kappa shape index (κ1) is 15.0. The maximum absolute atomic E-state index is 13.0. The number of benzene rings is 1. The average molecular weight is 287 g/mol. The second-order valence-corrected chi connectivity index (χ2v) is 4.99. The second kappa shape index (κ2) is 5.95. The first-order valence-electron chi connectivity index (χ1n) is 6.79. The molecule has 0 saturated carbocycles. The molecule has 0 bridgehead atoms. The number of rotatable bonds is 3. The van der Waals surface area contributed by atoms with Gasteiger partial charge in [-0.05, 0) is 50.1 Å². The highest BCUT2D eigenvalue weighted by Gasteiger charge is 2.15. The Balaban J connectivity index is 2.61. The van der Waals surface area contributed by atoms with Crippen molar-refractivity contribution in [2.24, 2.45) is 0 Å². The van der Waals surface area contributed by atoms with Gasteiger partial charge in [-0.3, -0.25) is 0 Å². The van der Waals surface area contributed by atoms with Crippen LogP contribution in [0.25, 0.3) is 16.8 Å². The quantitative estimate of drug-likeness (QED) is 0.873. The lowest BCUT2D eigenvalue weighted by molar-refractivity contribution is 0.400. The Morgan fingerprint density at radius 2 is 1.76 bits per heavy atom. The summed E-state index contributed by atoms with van der Waals surface area (Å²) in [5, 5.41) is 19.9. The monoisotopic (exact) mass is 287 g/mol. The van der Waals surface area contributed by atoms with Gasteiger partial charge in [0.05, 0.1) is 5.69 Å². The Morgan fingerprint density at radius 1 is 1.14 bits per heavy atom. The molecule has 3 nitrogen and oxygen atoms in total. The number of allylic oxidation sites excluding steroid dienone is 2. The molecule has 0 aliphatic heterocycles. The Bertz CT molecular complexity index is 691. The average Bonchev–Trinajstić information content (AvgIpc) is 2.49. The largest absolute Gasteiger partial charge is 0.504 e. The molecule has 0 spiro atoms. The molecule has 0 aliphatic carbocycles. The highest BCUT2D eigenvalue weighted by atomic mass is 19.1. The summed E-state index contributed by atoms with van der Waals surface area (Å²) in [4.78, 5) is 4.41. The lowest BCUT2D eigenvalue weighted by Crippen LogP contribution is -1.94. The van der Waals surface area contributed by atoms with Crippen LogP contribution in [0.2, 0.25) is 0 Å². The fourth-order valence-electron chi connectivity index (χ4n) is 2.02. The third-order valence-electron chi connectivity index (χ3n) is 3.64.